The molecule has 5 nitrogen and oxygen atoms in total. The number of nitrogens with zero attached hydrogens (tertiary/aromatic N) is 1. The molecule has 0 aliphatic carbocycles. The lowest BCUT2D eigenvalue weighted by Crippen LogP contribution is -2.35. The van der Waals surface area contributed by atoms with Crippen LogP contribution in [-0.4, -0.2) is 42.7 Å². The number of carbonyl (C=O) groups excluding carboxylic acids is 1. The highest BCUT2D eigenvalue weighted by atomic mass is 16.5. The Bertz CT molecular complexity index is 449. The Balaban J connectivity index is 2.79. The van der Waals surface area contributed by atoms with Gasteiger partial charge in [0.2, 0.25) is 0 Å². The van der Waals surface area contributed by atoms with Gasteiger partial charge in [0.15, 0.2) is 0 Å². The quantitative estimate of drug-likeness (QED) is 0.541. The van der Waals surface area contributed by atoms with Gasteiger partial charge in [-0.05, 0) is 24.6 Å². The Morgan fingerprint density at radius 2 is 2.05 bits per heavy atom. The molecule has 0 spiro atoms. The van der Waals surface area contributed by atoms with E-state index in [0.29, 0.717) is 30.1 Å². The molecule has 0 fully saturated rings. The third-order valence-corrected chi connectivity index (χ3v) is 3.43. The molecule has 0 radical (unpaired) electrons. The minimum Gasteiger partial charge on any atom is -0.497 e. The van der Waals surface area contributed by atoms with Crippen molar-refractivity contribution in [2.24, 2.45) is 0 Å². The number of nitrogen functional groups attached to an aromatic ring is 1. The predicted molar refractivity (Wildman–Crippen MR) is 84.5 cm³/mol. The second kappa shape index (κ2) is 9.23. The Hall–Kier alpha value is -1.75. The van der Waals surface area contributed by atoms with E-state index in [2.05, 4.69) is 6.92 Å². The summed E-state index contributed by atoms with van der Waals surface area (Å²) in [6, 6.07) is 5.04. The second-order valence-electron chi connectivity index (χ2n) is 5.03. The van der Waals surface area contributed by atoms with Crippen LogP contribution in [0.2, 0.25) is 0 Å². The first-order valence-corrected chi connectivity index (χ1v) is 7.47. The summed E-state index contributed by atoms with van der Waals surface area (Å²) in [6.07, 6.45) is 4.32. The zero-order valence-corrected chi connectivity index (χ0v) is 13.0. The first-order valence-electron chi connectivity index (χ1n) is 7.47. The SMILES string of the molecule is CCCCCCN(CCO)C(=O)c1cc(OC)ccc1N. The molecule has 0 bridgehead atoms. The van der Waals surface area contributed by atoms with Crippen LogP contribution in [0.5, 0.6) is 5.75 Å². The number of rotatable bonds is 9. The summed E-state index contributed by atoms with van der Waals surface area (Å²) in [4.78, 5) is 14.2. The van der Waals surface area contributed by atoms with Crippen LogP contribution in [0, 0.1) is 0 Å². The zero-order chi connectivity index (χ0) is 15.7. The molecule has 0 aliphatic rings. The van der Waals surface area contributed by atoms with Gasteiger partial charge >= 0.3 is 0 Å². The fraction of sp³-hybridized carbons (Fsp3) is 0.562. The van der Waals surface area contributed by atoms with Gasteiger partial charge < -0.3 is 20.5 Å². The van der Waals surface area contributed by atoms with Crippen molar-refractivity contribution in [1.82, 2.24) is 4.90 Å². The number of carbonyl (C=O) groups is 1. The van der Waals surface area contributed by atoms with Crippen LogP contribution in [-0.2, 0) is 0 Å². The van der Waals surface area contributed by atoms with Crippen LogP contribution in [0.1, 0.15) is 43.0 Å². The number of aliphatic hydroxyl groups excluding tert-OH is 1. The third-order valence-electron chi connectivity index (χ3n) is 3.43. The molecule has 1 aromatic rings. The van der Waals surface area contributed by atoms with Crippen molar-refractivity contribution in [3.05, 3.63) is 23.8 Å². The number of hydrogen-bond donors (Lipinski definition) is 2. The topological polar surface area (TPSA) is 75.8 Å². The molecule has 21 heavy (non-hydrogen) atoms. The van der Waals surface area contributed by atoms with Crippen molar-refractivity contribution in [2.45, 2.75) is 32.6 Å². The van der Waals surface area contributed by atoms with Crippen LogP contribution in [0.25, 0.3) is 0 Å². The number of unbranched alkanes of at least 4 members (excludes halogenated alkanes) is 3. The number of ether oxygens (including phenoxy) is 1. The highest BCUT2D eigenvalue weighted by Gasteiger charge is 2.18. The van der Waals surface area contributed by atoms with Crippen LogP contribution in [0.15, 0.2) is 18.2 Å². The third kappa shape index (κ3) is 5.27. The molecule has 0 aliphatic heterocycles. The van der Waals surface area contributed by atoms with E-state index in [4.69, 9.17) is 15.6 Å². The van der Waals surface area contributed by atoms with E-state index in [1.807, 2.05) is 0 Å². The van der Waals surface area contributed by atoms with Gasteiger partial charge in [0.05, 0.1) is 19.3 Å². The molecule has 3 N–H and O–H groups in total. The molecule has 0 saturated carbocycles. The lowest BCUT2D eigenvalue weighted by molar-refractivity contribution is 0.0719. The van der Waals surface area contributed by atoms with E-state index in [1.165, 1.54) is 0 Å². The minimum absolute atomic E-state index is 0.0522. The van der Waals surface area contributed by atoms with Crippen LogP contribution < -0.4 is 10.5 Å². The average molecular weight is 294 g/mol. The largest absolute Gasteiger partial charge is 0.497 e. The minimum atomic E-state index is -0.156. The van der Waals surface area contributed by atoms with Crippen molar-refractivity contribution >= 4 is 11.6 Å². The van der Waals surface area contributed by atoms with Crippen LogP contribution in [0.3, 0.4) is 0 Å². The van der Waals surface area contributed by atoms with Gasteiger partial charge in [-0.1, -0.05) is 26.2 Å². The summed E-state index contributed by atoms with van der Waals surface area (Å²) in [5.74, 6) is 0.444. The van der Waals surface area contributed by atoms with E-state index in [9.17, 15) is 4.79 Å². The number of benzene rings is 1. The number of aliphatic hydroxyl groups is 1. The molecule has 1 rings (SSSR count). The Kier molecular flexibility index (Phi) is 7.61. The Morgan fingerprint density at radius 1 is 1.29 bits per heavy atom. The molecule has 1 aromatic carbocycles. The highest BCUT2D eigenvalue weighted by Crippen LogP contribution is 2.21. The number of methoxy groups -OCH3 is 1. The summed E-state index contributed by atoms with van der Waals surface area (Å²) < 4.78 is 5.14. The van der Waals surface area contributed by atoms with Gasteiger partial charge in [-0.3, -0.25) is 4.79 Å². The second-order valence-corrected chi connectivity index (χ2v) is 5.03. The van der Waals surface area contributed by atoms with Crippen molar-refractivity contribution in [1.29, 1.82) is 0 Å². The molecule has 118 valence electrons. The molecular weight excluding hydrogens is 268 g/mol. The van der Waals surface area contributed by atoms with E-state index in [1.54, 1.807) is 30.2 Å². The monoisotopic (exact) mass is 294 g/mol. The molecular formula is C16H26N2O3. The van der Waals surface area contributed by atoms with Crippen LogP contribution in [0.4, 0.5) is 5.69 Å². The standard InChI is InChI=1S/C16H26N2O3/c1-3-4-5-6-9-18(10-11-19)16(20)14-12-13(21-2)7-8-15(14)17/h7-8,12,19H,3-6,9-11,17H2,1-2H3. The summed E-state index contributed by atoms with van der Waals surface area (Å²) in [5, 5.41) is 9.16. The molecule has 1 amide bonds. The molecule has 0 saturated heterocycles. The van der Waals surface area contributed by atoms with Gasteiger partial charge in [0.25, 0.3) is 5.91 Å². The summed E-state index contributed by atoms with van der Waals surface area (Å²) in [7, 11) is 1.55. The van der Waals surface area contributed by atoms with Crippen molar-refractivity contribution in [3.63, 3.8) is 0 Å². The smallest absolute Gasteiger partial charge is 0.256 e. The fourth-order valence-corrected chi connectivity index (χ4v) is 2.18. The summed E-state index contributed by atoms with van der Waals surface area (Å²) in [5.41, 5.74) is 6.75. The van der Waals surface area contributed by atoms with E-state index >= 15 is 0 Å². The first-order chi connectivity index (χ1) is 10.1. The molecule has 0 unspecified atom stereocenters. The van der Waals surface area contributed by atoms with Gasteiger partial charge in [0, 0.05) is 18.8 Å². The van der Waals surface area contributed by atoms with Gasteiger partial charge in [-0.15, -0.1) is 0 Å². The molecule has 0 atom stereocenters. The summed E-state index contributed by atoms with van der Waals surface area (Å²) in [6.45, 7) is 3.05. The summed E-state index contributed by atoms with van der Waals surface area (Å²) >= 11 is 0. The Morgan fingerprint density at radius 3 is 2.67 bits per heavy atom. The van der Waals surface area contributed by atoms with Gasteiger partial charge in [-0.25, -0.2) is 0 Å². The maximum Gasteiger partial charge on any atom is 0.256 e. The number of nitrogens with two attached hydrogens (primary N) is 1. The Labute approximate surface area is 126 Å². The fourth-order valence-electron chi connectivity index (χ4n) is 2.18. The maximum atomic E-state index is 12.6. The zero-order valence-electron chi connectivity index (χ0n) is 13.0. The molecule has 0 heterocycles. The molecule has 0 aromatic heterocycles. The first kappa shape index (κ1) is 17.3. The predicted octanol–water partition coefficient (Wildman–Crippen LogP) is 2.29. The van der Waals surface area contributed by atoms with Gasteiger partial charge in [0.1, 0.15) is 5.75 Å². The maximum absolute atomic E-state index is 12.6. The molecule has 5 heteroatoms. The van der Waals surface area contributed by atoms with Crippen molar-refractivity contribution in [2.75, 3.05) is 32.5 Å². The van der Waals surface area contributed by atoms with Gasteiger partial charge in [-0.2, -0.15) is 0 Å². The highest BCUT2D eigenvalue weighted by molar-refractivity contribution is 5.99. The number of anilines is 1. The lowest BCUT2D eigenvalue weighted by atomic mass is 10.1. The van der Waals surface area contributed by atoms with E-state index < -0.39 is 0 Å². The van der Waals surface area contributed by atoms with Crippen molar-refractivity contribution < 1.29 is 14.6 Å². The van der Waals surface area contributed by atoms with E-state index in [-0.39, 0.29) is 12.5 Å². The normalized spacial score (nSPS) is 10.4. The number of hydrogen-bond acceptors (Lipinski definition) is 4. The van der Waals surface area contributed by atoms with E-state index in [0.717, 1.165) is 25.7 Å². The number of amides is 1. The lowest BCUT2D eigenvalue weighted by Gasteiger charge is -2.22. The average Bonchev–Trinajstić information content (AvgIpc) is 2.50. The van der Waals surface area contributed by atoms with Crippen molar-refractivity contribution in [3.8, 4) is 5.75 Å². The van der Waals surface area contributed by atoms with Crippen LogP contribution >= 0.6 is 0 Å².